The van der Waals surface area contributed by atoms with Crippen LogP contribution in [0.2, 0.25) is 0 Å². The number of rotatable bonds is 44. The number of carbonyl (C=O) groups excluding carboxylic acids is 3. The van der Waals surface area contributed by atoms with Gasteiger partial charge in [-0.15, -0.1) is 0 Å². The van der Waals surface area contributed by atoms with Crippen LogP contribution in [0.1, 0.15) is 226 Å². The summed E-state index contributed by atoms with van der Waals surface area (Å²) in [6.07, 6.45) is 62.7. The maximum absolute atomic E-state index is 12.8. The van der Waals surface area contributed by atoms with Crippen molar-refractivity contribution in [2.45, 2.75) is 232 Å². The molecule has 0 spiro atoms. The first-order valence-corrected chi connectivity index (χ1v) is 25.1. The molecule has 0 aliphatic rings. The van der Waals surface area contributed by atoms with Crippen molar-refractivity contribution in [2.75, 3.05) is 13.2 Å². The van der Waals surface area contributed by atoms with Crippen LogP contribution >= 0.6 is 0 Å². The monoisotopic (exact) mass is 849 g/mol. The van der Waals surface area contributed by atoms with Gasteiger partial charge in [-0.25, -0.2) is 0 Å². The van der Waals surface area contributed by atoms with Gasteiger partial charge in [-0.05, 0) is 89.9 Å². The van der Waals surface area contributed by atoms with Gasteiger partial charge in [0.1, 0.15) is 13.2 Å². The lowest BCUT2D eigenvalue weighted by atomic mass is 10.1. The molecule has 0 aromatic heterocycles. The van der Waals surface area contributed by atoms with Crippen molar-refractivity contribution >= 4 is 17.9 Å². The number of unbranched alkanes of at least 4 members (excludes halogenated alkanes) is 22. The van der Waals surface area contributed by atoms with E-state index in [0.717, 1.165) is 109 Å². The molecule has 0 aromatic carbocycles. The average Bonchev–Trinajstić information content (AvgIpc) is 3.26. The highest BCUT2D eigenvalue weighted by molar-refractivity contribution is 5.71. The molecule has 6 heteroatoms. The molecule has 0 radical (unpaired) electrons. The van der Waals surface area contributed by atoms with Crippen molar-refractivity contribution < 1.29 is 28.6 Å². The highest BCUT2D eigenvalue weighted by Gasteiger charge is 2.19. The molecule has 1 unspecified atom stereocenters. The van der Waals surface area contributed by atoms with Crippen molar-refractivity contribution in [3.05, 3.63) is 85.1 Å². The summed E-state index contributed by atoms with van der Waals surface area (Å²) in [4.78, 5) is 37.9. The molecule has 1 atom stereocenters. The predicted octanol–water partition coefficient (Wildman–Crippen LogP) is 16.4. The van der Waals surface area contributed by atoms with Gasteiger partial charge in [0, 0.05) is 19.3 Å². The lowest BCUT2D eigenvalue weighted by molar-refractivity contribution is -0.167. The van der Waals surface area contributed by atoms with Gasteiger partial charge in [0.25, 0.3) is 0 Å². The minimum absolute atomic E-state index is 0.0939. The first-order chi connectivity index (χ1) is 30.0. The number of allylic oxidation sites excluding steroid dienone is 14. The summed E-state index contributed by atoms with van der Waals surface area (Å²) >= 11 is 0. The highest BCUT2D eigenvalue weighted by atomic mass is 16.6. The first-order valence-electron chi connectivity index (χ1n) is 25.1. The molecule has 0 fully saturated rings. The normalized spacial score (nSPS) is 12.8. The number of esters is 3. The van der Waals surface area contributed by atoms with Crippen molar-refractivity contribution in [3.8, 4) is 0 Å². The molecule has 0 aliphatic carbocycles. The fraction of sp³-hybridized carbons (Fsp3) is 0.691. The van der Waals surface area contributed by atoms with Gasteiger partial charge in [0.15, 0.2) is 6.10 Å². The second-order valence-electron chi connectivity index (χ2n) is 16.4. The quantitative estimate of drug-likeness (QED) is 0.0200. The highest BCUT2D eigenvalue weighted by Crippen LogP contribution is 2.14. The van der Waals surface area contributed by atoms with Gasteiger partial charge < -0.3 is 14.2 Å². The van der Waals surface area contributed by atoms with Gasteiger partial charge >= 0.3 is 17.9 Å². The topological polar surface area (TPSA) is 78.9 Å². The third-order valence-corrected chi connectivity index (χ3v) is 10.4. The SMILES string of the molecule is CC\C=C/C=C\C=C/C=C\CCCCCCCC(=O)OC(COC(=O)CCCCCCC/C=C\CCCC)COC(=O)CCCCCCCCC/C=C\C/C=C\CCCCC. The molecule has 0 saturated heterocycles. The molecule has 0 amide bonds. The second-order valence-corrected chi connectivity index (χ2v) is 16.4. The van der Waals surface area contributed by atoms with Gasteiger partial charge in [-0.2, -0.15) is 0 Å². The van der Waals surface area contributed by atoms with Gasteiger partial charge in [0.2, 0.25) is 0 Å². The molecule has 0 heterocycles. The van der Waals surface area contributed by atoms with Crippen LogP contribution in [0.25, 0.3) is 0 Å². The first kappa shape index (κ1) is 57.6. The maximum atomic E-state index is 12.8. The van der Waals surface area contributed by atoms with Gasteiger partial charge in [0.05, 0.1) is 0 Å². The molecular formula is C55H92O6. The molecule has 0 aliphatic heterocycles. The van der Waals surface area contributed by atoms with E-state index in [1.54, 1.807) is 0 Å². The molecule has 348 valence electrons. The van der Waals surface area contributed by atoms with Crippen LogP contribution in [0.3, 0.4) is 0 Å². The Bertz CT molecular complexity index is 1200. The van der Waals surface area contributed by atoms with E-state index < -0.39 is 6.10 Å². The van der Waals surface area contributed by atoms with E-state index in [2.05, 4.69) is 87.6 Å². The van der Waals surface area contributed by atoms with E-state index in [-0.39, 0.29) is 31.1 Å². The minimum atomic E-state index is -0.795. The number of hydrogen-bond donors (Lipinski definition) is 0. The largest absolute Gasteiger partial charge is 0.462 e. The Morgan fingerprint density at radius 1 is 0.361 bits per heavy atom. The van der Waals surface area contributed by atoms with E-state index in [0.29, 0.717) is 19.3 Å². The average molecular weight is 849 g/mol. The van der Waals surface area contributed by atoms with E-state index in [1.807, 2.05) is 18.2 Å². The molecule has 0 N–H and O–H groups in total. The van der Waals surface area contributed by atoms with Crippen molar-refractivity contribution in [3.63, 3.8) is 0 Å². The third kappa shape index (κ3) is 47.5. The van der Waals surface area contributed by atoms with Crippen LogP contribution in [0.15, 0.2) is 85.1 Å². The number of hydrogen-bond acceptors (Lipinski definition) is 6. The lowest BCUT2D eigenvalue weighted by Crippen LogP contribution is -2.30. The Labute approximate surface area is 375 Å². The summed E-state index contributed by atoms with van der Waals surface area (Å²) in [6, 6.07) is 0. The fourth-order valence-electron chi connectivity index (χ4n) is 6.64. The van der Waals surface area contributed by atoms with Crippen LogP contribution in [-0.4, -0.2) is 37.2 Å². The van der Waals surface area contributed by atoms with Crippen LogP contribution in [0.4, 0.5) is 0 Å². The zero-order chi connectivity index (χ0) is 44.4. The molecule has 0 bridgehead atoms. The summed E-state index contributed by atoms with van der Waals surface area (Å²) in [6.45, 7) is 6.39. The van der Waals surface area contributed by atoms with Crippen molar-refractivity contribution in [1.29, 1.82) is 0 Å². The maximum Gasteiger partial charge on any atom is 0.306 e. The number of carbonyl (C=O) groups is 3. The Kier molecular flexibility index (Phi) is 46.5. The van der Waals surface area contributed by atoms with E-state index >= 15 is 0 Å². The van der Waals surface area contributed by atoms with E-state index in [9.17, 15) is 14.4 Å². The van der Waals surface area contributed by atoms with Gasteiger partial charge in [-0.1, -0.05) is 202 Å². The summed E-state index contributed by atoms with van der Waals surface area (Å²) in [5, 5.41) is 0. The Balaban J connectivity index is 4.43. The second kappa shape index (κ2) is 49.2. The molecule has 0 rings (SSSR count). The van der Waals surface area contributed by atoms with Crippen molar-refractivity contribution in [1.82, 2.24) is 0 Å². The van der Waals surface area contributed by atoms with Crippen LogP contribution < -0.4 is 0 Å². The zero-order valence-electron chi connectivity index (χ0n) is 39.7. The minimum Gasteiger partial charge on any atom is -0.462 e. The molecule has 61 heavy (non-hydrogen) atoms. The van der Waals surface area contributed by atoms with Crippen LogP contribution in [0, 0.1) is 0 Å². The third-order valence-electron chi connectivity index (χ3n) is 10.4. The zero-order valence-corrected chi connectivity index (χ0v) is 39.7. The Hall–Kier alpha value is -3.41. The molecular weight excluding hydrogens is 757 g/mol. The lowest BCUT2D eigenvalue weighted by Gasteiger charge is -2.18. The summed E-state index contributed by atoms with van der Waals surface area (Å²) < 4.78 is 16.7. The predicted molar refractivity (Wildman–Crippen MR) is 261 cm³/mol. The summed E-state index contributed by atoms with van der Waals surface area (Å²) in [7, 11) is 0. The molecule has 6 nitrogen and oxygen atoms in total. The Morgan fingerprint density at radius 2 is 0.721 bits per heavy atom. The van der Waals surface area contributed by atoms with Gasteiger partial charge in [-0.3, -0.25) is 14.4 Å². The van der Waals surface area contributed by atoms with Crippen molar-refractivity contribution in [2.24, 2.45) is 0 Å². The van der Waals surface area contributed by atoms with Crippen LogP contribution in [0.5, 0.6) is 0 Å². The standard InChI is InChI=1S/C55H92O6/c1-4-7-10-13-16-19-22-24-26-27-29-30-33-36-39-42-45-48-54(57)60-51-52(50-59-53(56)47-44-41-38-35-32-21-18-15-12-9-6-3)61-55(58)49-46-43-40-37-34-31-28-25-23-20-17-14-11-8-5-2/h8,11,14-20,23-26,28,52H,4-7,9-10,12-13,21-22,27,29-51H2,1-3H3/b11-8-,17-14-,18-15-,19-16-,23-20-,26-24-,28-25-. The molecule has 0 aromatic rings. The smallest absolute Gasteiger partial charge is 0.306 e. The summed E-state index contributed by atoms with van der Waals surface area (Å²) in [5.41, 5.74) is 0. The summed E-state index contributed by atoms with van der Waals surface area (Å²) in [5.74, 6) is -0.937. The Morgan fingerprint density at radius 3 is 1.20 bits per heavy atom. The van der Waals surface area contributed by atoms with E-state index in [4.69, 9.17) is 14.2 Å². The van der Waals surface area contributed by atoms with Crippen LogP contribution in [-0.2, 0) is 28.6 Å². The number of ether oxygens (including phenoxy) is 3. The molecule has 0 saturated carbocycles. The van der Waals surface area contributed by atoms with E-state index in [1.165, 1.54) is 77.0 Å². The fourth-order valence-corrected chi connectivity index (χ4v) is 6.64.